The van der Waals surface area contributed by atoms with Crippen molar-refractivity contribution in [1.29, 1.82) is 0 Å². The van der Waals surface area contributed by atoms with Gasteiger partial charge in [0.15, 0.2) is 0 Å². The second kappa shape index (κ2) is 3.89. The average Bonchev–Trinajstić information content (AvgIpc) is 2.30. The van der Waals surface area contributed by atoms with Crippen LogP contribution in [0, 0.1) is 0 Å². The van der Waals surface area contributed by atoms with E-state index < -0.39 is 0 Å². The molecular weight excluding hydrogens is 263 g/mol. The molecule has 0 amide bonds. The van der Waals surface area contributed by atoms with Crippen molar-refractivity contribution in [2.75, 3.05) is 7.05 Å². The van der Waals surface area contributed by atoms with Gasteiger partial charge >= 0.3 is 0 Å². The van der Waals surface area contributed by atoms with E-state index >= 15 is 0 Å². The maximum absolute atomic E-state index is 3.49. The average molecular weight is 278 g/mol. The van der Waals surface area contributed by atoms with E-state index in [1.807, 2.05) is 0 Å². The molecule has 0 saturated carbocycles. The Hall–Kier alpha value is 0.130. The Bertz CT molecular complexity index is 213. The number of allylic oxidation sites excluding steroid dienone is 2. The highest BCUT2D eigenvalue weighted by atomic mass is 127. The third kappa shape index (κ3) is 1.58. The Kier molecular flexibility index (Phi) is 3.31. The van der Waals surface area contributed by atoms with Gasteiger partial charge in [0.1, 0.15) is 0 Å². The Morgan fingerprint density at radius 1 is 1.25 bits per heavy atom. The number of likely N-dealkylation sites (N-methyl/N-ethyl adjacent to an activating group) is 1. The van der Waals surface area contributed by atoms with Gasteiger partial charge in [0.25, 0.3) is 0 Å². The van der Waals surface area contributed by atoms with Crippen LogP contribution in [0.3, 0.4) is 0 Å². The molecule has 0 aromatic rings. The lowest BCUT2D eigenvalue weighted by molar-refractivity contribution is 0.277. The smallest absolute Gasteiger partial charge is 0.0576 e. The van der Waals surface area contributed by atoms with Crippen molar-refractivity contribution in [3.05, 3.63) is 24.3 Å². The SMILES string of the molecule is CC1NC2C=CC=CC2N1C.I. The van der Waals surface area contributed by atoms with Gasteiger partial charge in [-0.3, -0.25) is 10.2 Å². The third-order valence-corrected chi connectivity index (χ3v) is 2.62. The molecule has 2 aliphatic rings. The quantitative estimate of drug-likeness (QED) is 0.673. The van der Waals surface area contributed by atoms with Crippen molar-refractivity contribution in [1.82, 2.24) is 10.2 Å². The Morgan fingerprint density at radius 2 is 1.92 bits per heavy atom. The van der Waals surface area contributed by atoms with Crippen LogP contribution in [-0.2, 0) is 0 Å². The zero-order valence-corrected chi connectivity index (χ0v) is 9.73. The standard InChI is InChI=1S/C9H14N2.HI/c1-7-10-8-5-3-4-6-9(8)11(7)2;/h3-10H,1-2H3;1H. The molecule has 1 N–H and O–H groups in total. The van der Waals surface area contributed by atoms with Crippen molar-refractivity contribution in [3.8, 4) is 0 Å². The lowest BCUT2D eigenvalue weighted by Crippen LogP contribution is -2.32. The van der Waals surface area contributed by atoms with E-state index in [9.17, 15) is 0 Å². The number of hydrogen-bond acceptors (Lipinski definition) is 2. The molecule has 0 aromatic heterocycles. The first-order valence-corrected chi connectivity index (χ1v) is 4.12. The van der Waals surface area contributed by atoms with Crippen LogP contribution >= 0.6 is 24.0 Å². The molecule has 12 heavy (non-hydrogen) atoms. The molecule has 0 spiro atoms. The van der Waals surface area contributed by atoms with Crippen molar-refractivity contribution in [2.24, 2.45) is 0 Å². The van der Waals surface area contributed by atoms with Crippen LogP contribution in [0.1, 0.15) is 6.92 Å². The normalized spacial score (nSPS) is 39.3. The van der Waals surface area contributed by atoms with Gasteiger partial charge < -0.3 is 0 Å². The topological polar surface area (TPSA) is 15.3 Å². The highest BCUT2D eigenvalue weighted by Gasteiger charge is 2.33. The molecule has 1 fully saturated rings. The number of halogens is 1. The van der Waals surface area contributed by atoms with Crippen LogP contribution in [0.5, 0.6) is 0 Å². The molecule has 1 aliphatic heterocycles. The molecule has 2 nitrogen and oxygen atoms in total. The first-order chi connectivity index (χ1) is 5.29. The lowest BCUT2D eigenvalue weighted by Gasteiger charge is -2.21. The molecule has 1 saturated heterocycles. The highest BCUT2D eigenvalue weighted by molar-refractivity contribution is 14.0. The molecule has 2 rings (SSSR count). The van der Waals surface area contributed by atoms with Crippen LogP contribution < -0.4 is 5.32 Å². The van der Waals surface area contributed by atoms with Gasteiger partial charge in [-0.05, 0) is 14.0 Å². The molecule has 0 aromatic carbocycles. The summed E-state index contributed by atoms with van der Waals surface area (Å²) in [5.41, 5.74) is 0. The summed E-state index contributed by atoms with van der Waals surface area (Å²) in [5.74, 6) is 0. The molecule has 68 valence electrons. The molecule has 3 heteroatoms. The summed E-state index contributed by atoms with van der Waals surface area (Å²) in [6.45, 7) is 2.19. The van der Waals surface area contributed by atoms with E-state index in [2.05, 4.69) is 48.5 Å². The largest absolute Gasteiger partial charge is 0.294 e. The summed E-state index contributed by atoms with van der Waals surface area (Å²) in [4.78, 5) is 2.35. The van der Waals surface area contributed by atoms with E-state index in [4.69, 9.17) is 0 Å². The van der Waals surface area contributed by atoms with Crippen molar-refractivity contribution < 1.29 is 0 Å². The summed E-state index contributed by atoms with van der Waals surface area (Å²) in [6.07, 6.45) is 9.21. The fourth-order valence-electron chi connectivity index (χ4n) is 1.79. The first kappa shape index (κ1) is 10.2. The molecular formula is C9H15IN2. The van der Waals surface area contributed by atoms with Gasteiger partial charge in [-0.15, -0.1) is 24.0 Å². The molecule has 0 radical (unpaired) electrons. The zero-order chi connectivity index (χ0) is 7.84. The predicted molar refractivity (Wildman–Crippen MR) is 61.6 cm³/mol. The van der Waals surface area contributed by atoms with Gasteiger partial charge in [-0.2, -0.15) is 0 Å². The number of fused-ring (bicyclic) bond motifs is 1. The van der Waals surface area contributed by atoms with Gasteiger partial charge in [-0.1, -0.05) is 24.3 Å². The summed E-state index contributed by atoms with van der Waals surface area (Å²) >= 11 is 0. The van der Waals surface area contributed by atoms with E-state index in [1.54, 1.807) is 0 Å². The van der Waals surface area contributed by atoms with Gasteiger partial charge in [-0.25, -0.2) is 0 Å². The second-order valence-corrected chi connectivity index (χ2v) is 3.29. The minimum absolute atomic E-state index is 0. The fourth-order valence-corrected chi connectivity index (χ4v) is 1.79. The fraction of sp³-hybridized carbons (Fsp3) is 0.556. The van der Waals surface area contributed by atoms with Gasteiger partial charge in [0.05, 0.1) is 6.17 Å². The Labute approximate surface area is 90.7 Å². The number of rotatable bonds is 0. The van der Waals surface area contributed by atoms with Crippen LogP contribution in [-0.4, -0.2) is 30.2 Å². The van der Waals surface area contributed by atoms with E-state index in [0.29, 0.717) is 18.2 Å². The van der Waals surface area contributed by atoms with Gasteiger partial charge in [0.2, 0.25) is 0 Å². The van der Waals surface area contributed by atoms with Crippen molar-refractivity contribution in [3.63, 3.8) is 0 Å². The van der Waals surface area contributed by atoms with E-state index in [-0.39, 0.29) is 24.0 Å². The number of nitrogens with one attached hydrogen (secondary N) is 1. The van der Waals surface area contributed by atoms with Crippen LogP contribution in [0.2, 0.25) is 0 Å². The van der Waals surface area contributed by atoms with E-state index in [1.165, 1.54) is 0 Å². The predicted octanol–water partition coefficient (Wildman–Crippen LogP) is 1.35. The Morgan fingerprint density at radius 3 is 2.58 bits per heavy atom. The molecule has 0 bridgehead atoms. The molecule has 1 aliphatic carbocycles. The van der Waals surface area contributed by atoms with Crippen molar-refractivity contribution >= 4 is 24.0 Å². The van der Waals surface area contributed by atoms with Crippen LogP contribution in [0.25, 0.3) is 0 Å². The van der Waals surface area contributed by atoms with Gasteiger partial charge in [0, 0.05) is 12.1 Å². The van der Waals surface area contributed by atoms with Crippen LogP contribution in [0.4, 0.5) is 0 Å². The first-order valence-electron chi connectivity index (χ1n) is 4.12. The zero-order valence-electron chi connectivity index (χ0n) is 7.40. The summed E-state index contributed by atoms with van der Waals surface area (Å²) in [7, 11) is 2.16. The maximum atomic E-state index is 3.49. The summed E-state index contributed by atoms with van der Waals surface area (Å²) in [5, 5.41) is 3.49. The maximum Gasteiger partial charge on any atom is 0.0576 e. The molecule has 1 heterocycles. The van der Waals surface area contributed by atoms with Crippen molar-refractivity contribution in [2.45, 2.75) is 25.2 Å². The second-order valence-electron chi connectivity index (χ2n) is 3.29. The Balaban J connectivity index is 0.000000720. The number of nitrogens with zero attached hydrogens (tertiary/aromatic N) is 1. The van der Waals surface area contributed by atoms with E-state index in [0.717, 1.165) is 0 Å². The molecule has 3 atom stereocenters. The van der Waals surface area contributed by atoms with Crippen LogP contribution in [0.15, 0.2) is 24.3 Å². The minimum atomic E-state index is 0. The lowest BCUT2D eigenvalue weighted by atomic mass is 10.0. The summed E-state index contributed by atoms with van der Waals surface area (Å²) in [6, 6.07) is 1.09. The minimum Gasteiger partial charge on any atom is -0.294 e. The third-order valence-electron chi connectivity index (χ3n) is 2.62. The molecule has 3 unspecified atom stereocenters. The monoisotopic (exact) mass is 278 g/mol. The summed E-state index contributed by atoms with van der Waals surface area (Å²) < 4.78 is 0. The highest BCUT2D eigenvalue weighted by Crippen LogP contribution is 2.19. The number of hydrogen-bond donors (Lipinski definition) is 1.